The number of aryl methyl sites for hydroxylation is 1. The number of ether oxygens (including phenoxy) is 3. The molecule has 136 valence electrons. The van der Waals surface area contributed by atoms with Gasteiger partial charge in [-0.2, -0.15) is 0 Å². The van der Waals surface area contributed by atoms with Crippen molar-refractivity contribution in [2.24, 2.45) is 0 Å². The fraction of sp³-hybridized carbons (Fsp3) is 0.211. The fourth-order valence-electron chi connectivity index (χ4n) is 2.47. The number of amides is 1. The van der Waals surface area contributed by atoms with Crippen molar-refractivity contribution in [2.75, 3.05) is 26.6 Å². The molecule has 2 rings (SSSR count). The number of para-hydroxylation sites is 1. The summed E-state index contributed by atoms with van der Waals surface area (Å²) in [5, 5.41) is 2.66. The van der Waals surface area contributed by atoms with Gasteiger partial charge in [-0.1, -0.05) is 12.1 Å². The third kappa shape index (κ3) is 4.00. The van der Waals surface area contributed by atoms with Crippen molar-refractivity contribution >= 4 is 23.5 Å². The summed E-state index contributed by atoms with van der Waals surface area (Å²) in [5.41, 5.74) is 1.61. The third-order valence-corrected chi connectivity index (χ3v) is 3.69. The summed E-state index contributed by atoms with van der Waals surface area (Å²) in [7, 11) is 3.93. The van der Waals surface area contributed by atoms with Crippen molar-refractivity contribution in [3.63, 3.8) is 0 Å². The van der Waals surface area contributed by atoms with E-state index in [0.717, 1.165) is 5.56 Å². The molecule has 0 atom stereocenters. The van der Waals surface area contributed by atoms with Crippen LogP contribution in [0.25, 0.3) is 0 Å². The van der Waals surface area contributed by atoms with Gasteiger partial charge in [0.1, 0.15) is 5.75 Å². The van der Waals surface area contributed by atoms with E-state index in [0.29, 0.717) is 11.3 Å². The SMILES string of the molecule is COC(=O)c1cc(NC(=O)c2cccc(C)c2OC)cc(C(=O)OC)c1. The van der Waals surface area contributed by atoms with E-state index in [9.17, 15) is 14.4 Å². The van der Waals surface area contributed by atoms with Gasteiger partial charge in [-0.15, -0.1) is 0 Å². The Bertz CT molecular complexity index is 825. The number of anilines is 1. The monoisotopic (exact) mass is 357 g/mol. The largest absolute Gasteiger partial charge is 0.496 e. The lowest BCUT2D eigenvalue weighted by atomic mass is 10.1. The van der Waals surface area contributed by atoms with E-state index < -0.39 is 17.8 Å². The Morgan fingerprint density at radius 1 is 0.885 bits per heavy atom. The molecule has 2 aromatic rings. The Labute approximate surface area is 150 Å². The summed E-state index contributed by atoms with van der Waals surface area (Å²) in [6.07, 6.45) is 0. The standard InChI is InChI=1S/C19H19NO6/c1-11-6-5-7-15(16(11)24-2)17(21)20-14-9-12(18(22)25-3)8-13(10-14)19(23)26-4/h5-10H,1-4H3,(H,20,21). The Morgan fingerprint density at radius 2 is 1.46 bits per heavy atom. The first kappa shape index (κ1) is 19.0. The van der Waals surface area contributed by atoms with E-state index >= 15 is 0 Å². The topological polar surface area (TPSA) is 90.9 Å². The Kier molecular flexibility index (Phi) is 5.95. The first-order valence-corrected chi connectivity index (χ1v) is 7.68. The molecule has 7 nitrogen and oxygen atoms in total. The number of methoxy groups -OCH3 is 3. The van der Waals surface area contributed by atoms with Gasteiger partial charge >= 0.3 is 11.9 Å². The maximum atomic E-state index is 12.6. The minimum absolute atomic E-state index is 0.113. The van der Waals surface area contributed by atoms with Gasteiger partial charge in [-0.05, 0) is 36.8 Å². The van der Waals surface area contributed by atoms with Crippen LogP contribution in [0, 0.1) is 6.92 Å². The van der Waals surface area contributed by atoms with Crippen LogP contribution in [0.4, 0.5) is 5.69 Å². The van der Waals surface area contributed by atoms with Crippen LogP contribution in [0.1, 0.15) is 36.6 Å². The highest BCUT2D eigenvalue weighted by atomic mass is 16.5. The highest BCUT2D eigenvalue weighted by molar-refractivity contribution is 6.07. The molecule has 0 saturated carbocycles. The molecule has 0 bridgehead atoms. The molecule has 0 radical (unpaired) electrons. The Morgan fingerprint density at radius 3 is 1.96 bits per heavy atom. The zero-order valence-electron chi connectivity index (χ0n) is 14.9. The molecular formula is C19H19NO6. The smallest absolute Gasteiger partial charge is 0.337 e. The molecule has 0 aliphatic carbocycles. The van der Waals surface area contributed by atoms with E-state index in [4.69, 9.17) is 4.74 Å². The van der Waals surface area contributed by atoms with E-state index in [1.807, 2.05) is 13.0 Å². The molecule has 0 saturated heterocycles. The zero-order chi connectivity index (χ0) is 19.3. The normalized spacial score (nSPS) is 10.0. The van der Waals surface area contributed by atoms with E-state index in [2.05, 4.69) is 14.8 Å². The lowest BCUT2D eigenvalue weighted by Crippen LogP contribution is -2.15. The van der Waals surface area contributed by atoms with Gasteiger partial charge in [0.25, 0.3) is 5.91 Å². The highest BCUT2D eigenvalue weighted by Gasteiger charge is 2.18. The molecule has 0 spiro atoms. The summed E-state index contributed by atoms with van der Waals surface area (Å²) < 4.78 is 14.6. The number of esters is 2. The van der Waals surface area contributed by atoms with Gasteiger partial charge in [0.15, 0.2) is 0 Å². The molecular weight excluding hydrogens is 338 g/mol. The fourth-order valence-corrected chi connectivity index (χ4v) is 2.47. The molecule has 0 aliphatic heterocycles. The molecule has 1 amide bonds. The molecule has 26 heavy (non-hydrogen) atoms. The van der Waals surface area contributed by atoms with Crippen molar-refractivity contribution < 1.29 is 28.6 Å². The number of rotatable bonds is 5. The van der Waals surface area contributed by atoms with Crippen LogP contribution < -0.4 is 10.1 Å². The first-order valence-electron chi connectivity index (χ1n) is 7.68. The van der Waals surface area contributed by atoms with Crippen LogP contribution in [-0.2, 0) is 9.47 Å². The van der Waals surface area contributed by atoms with Gasteiger partial charge in [0.2, 0.25) is 0 Å². The van der Waals surface area contributed by atoms with Crippen molar-refractivity contribution in [3.8, 4) is 5.75 Å². The van der Waals surface area contributed by atoms with Gasteiger partial charge in [0.05, 0.1) is 38.0 Å². The van der Waals surface area contributed by atoms with Gasteiger partial charge in [-0.3, -0.25) is 4.79 Å². The lowest BCUT2D eigenvalue weighted by Gasteiger charge is -2.13. The van der Waals surface area contributed by atoms with Crippen LogP contribution in [0.3, 0.4) is 0 Å². The summed E-state index contributed by atoms with van der Waals surface area (Å²) >= 11 is 0. The predicted octanol–water partition coefficient (Wildman–Crippen LogP) is 2.83. The number of nitrogens with one attached hydrogen (secondary N) is 1. The van der Waals surface area contributed by atoms with Gasteiger partial charge < -0.3 is 19.5 Å². The molecule has 0 heterocycles. The van der Waals surface area contributed by atoms with E-state index in [1.165, 1.54) is 39.5 Å². The van der Waals surface area contributed by atoms with Crippen molar-refractivity contribution in [1.82, 2.24) is 0 Å². The molecule has 0 aliphatic rings. The maximum Gasteiger partial charge on any atom is 0.337 e. The second-order valence-corrected chi connectivity index (χ2v) is 5.39. The van der Waals surface area contributed by atoms with E-state index in [1.54, 1.807) is 12.1 Å². The number of hydrogen-bond donors (Lipinski definition) is 1. The van der Waals surface area contributed by atoms with Crippen LogP contribution in [-0.4, -0.2) is 39.2 Å². The minimum Gasteiger partial charge on any atom is -0.496 e. The molecule has 0 fully saturated rings. The van der Waals surface area contributed by atoms with Crippen molar-refractivity contribution in [1.29, 1.82) is 0 Å². The second kappa shape index (κ2) is 8.15. The Balaban J connectivity index is 2.42. The average molecular weight is 357 g/mol. The number of benzene rings is 2. The zero-order valence-corrected chi connectivity index (χ0v) is 14.9. The predicted molar refractivity (Wildman–Crippen MR) is 94.8 cm³/mol. The van der Waals surface area contributed by atoms with Crippen molar-refractivity contribution in [2.45, 2.75) is 6.92 Å². The summed E-state index contributed by atoms with van der Waals surface area (Å²) in [5.74, 6) is -1.27. The first-order chi connectivity index (χ1) is 12.4. The molecule has 2 aromatic carbocycles. The number of carbonyl (C=O) groups is 3. The quantitative estimate of drug-likeness (QED) is 0.828. The average Bonchev–Trinajstić information content (AvgIpc) is 2.65. The van der Waals surface area contributed by atoms with Crippen molar-refractivity contribution in [3.05, 3.63) is 58.7 Å². The number of hydrogen-bond acceptors (Lipinski definition) is 6. The van der Waals surface area contributed by atoms with Crippen LogP contribution in [0.5, 0.6) is 5.75 Å². The van der Waals surface area contributed by atoms with Crippen LogP contribution >= 0.6 is 0 Å². The Hall–Kier alpha value is -3.35. The second-order valence-electron chi connectivity index (χ2n) is 5.39. The lowest BCUT2D eigenvalue weighted by molar-refractivity contribution is 0.0599. The maximum absolute atomic E-state index is 12.6. The highest BCUT2D eigenvalue weighted by Crippen LogP contribution is 2.25. The molecule has 0 unspecified atom stereocenters. The van der Waals surface area contributed by atoms with Crippen LogP contribution in [0.15, 0.2) is 36.4 Å². The van der Waals surface area contributed by atoms with Gasteiger partial charge in [-0.25, -0.2) is 9.59 Å². The third-order valence-electron chi connectivity index (χ3n) is 3.69. The molecule has 0 aromatic heterocycles. The number of carbonyl (C=O) groups excluding carboxylic acids is 3. The summed E-state index contributed by atoms with van der Waals surface area (Å²) in [6.45, 7) is 1.82. The molecule has 1 N–H and O–H groups in total. The summed E-state index contributed by atoms with van der Waals surface area (Å²) in [4.78, 5) is 36.3. The summed E-state index contributed by atoms with van der Waals surface area (Å²) in [6, 6.07) is 9.34. The van der Waals surface area contributed by atoms with E-state index in [-0.39, 0.29) is 16.8 Å². The van der Waals surface area contributed by atoms with Crippen LogP contribution in [0.2, 0.25) is 0 Å². The minimum atomic E-state index is -0.639. The molecule has 7 heteroatoms. The van der Waals surface area contributed by atoms with Gasteiger partial charge in [0, 0.05) is 5.69 Å².